The van der Waals surface area contributed by atoms with Crippen molar-refractivity contribution in [1.82, 2.24) is 0 Å². The Labute approximate surface area is 123 Å². The van der Waals surface area contributed by atoms with Crippen LogP contribution >= 0.6 is 27.3 Å². The largest absolute Gasteiger partial charge is 0.319 e. The molecule has 9 heteroatoms. The molecule has 104 valence electrons. The van der Waals surface area contributed by atoms with Gasteiger partial charge in [0.2, 0.25) is 5.82 Å². The van der Waals surface area contributed by atoms with Gasteiger partial charge in [-0.15, -0.1) is 11.3 Å². The molecule has 0 aliphatic carbocycles. The van der Waals surface area contributed by atoms with Crippen molar-refractivity contribution < 1.29 is 18.5 Å². The molecule has 0 bridgehead atoms. The predicted octanol–water partition coefficient (Wildman–Crippen LogP) is 3.95. The minimum absolute atomic E-state index is 0.281. The Balaban J connectivity index is 2.31. The highest BCUT2D eigenvalue weighted by Gasteiger charge is 2.20. The summed E-state index contributed by atoms with van der Waals surface area (Å²) in [5.41, 5.74) is -1.36. The summed E-state index contributed by atoms with van der Waals surface area (Å²) < 4.78 is 27.3. The molecule has 0 aliphatic rings. The lowest BCUT2D eigenvalue weighted by Gasteiger charge is -2.05. The molecule has 1 amide bonds. The molecule has 0 saturated carbocycles. The van der Waals surface area contributed by atoms with Crippen LogP contribution in [0.3, 0.4) is 0 Å². The van der Waals surface area contributed by atoms with E-state index in [1.165, 1.54) is 6.07 Å². The van der Waals surface area contributed by atoms with Crippen LogP contribution in [-0.2, 0) is 0 Å². The standard InChI is InChI=1S/C11H5BrF2N2O3S/c12-10-2-1-9(20-10)11(17)15-7-4-8(16(18)19)6(14)3-5(7)13/h1-4H,(H,15,17). The molecule has 0 saturated heterocycles. The summed E-state index contributed by atoms with van der Waals surface area (Å²) in [5.74, 6) is -3.03. The average Bonchev–Trinajstić information content (AvgIpc) is 2.79. The highest BCUT2D eigenvalue weighted by molar-refractivity contribution is 9.11. The van der Waals surface area contributed by atoms with Gasteiger partial charge in [-0.1, -0.05) is 0 Å². The van der Waals surface area contributed by atoms with Gasteiger partial charge in [0.05, 0.1) is 19.3 Å². The zero-order valence-corrected chi connectivity index (χ0v) is 11.9. The molecule has 20 heavy (non-hydrogen) atoms. The number of amides is 1. The number of carbonyl (C=O) groups excluding carboxylic acids is 1. The summed E-state index contributed by atoms with van der Waals surface area (Å²) in [5, 5.41) is 12.7. The molecular formula is C11H5BrF2N2O3S. The minimum Gasteiger partial charge on any atom is -0.319 e. The number of thiophene rings is 1. The summed E-state index contributed by atoms with van der Waals surface area (Å²) in [6.45, 7) is 0. The maximum atomic E-state index is 13.5. The lowest BCUT2D eigenvalue weighted by molar-refractivity contribution is -0.387. The smallest absolute Gasteiger partial charge is 0.307 e. The number of anilines is 1. The van der Waals surface area contributed by atoms with E-state index < -0.39 is 33.8 Å². The average molecular weight is 363 g/mol. The molecule has 0 spiro atoms. The van der Waals surface area contributed by atoms with Crippen LogP contribution in [0.1, 0.15) is 9.67 Å². The van der Waals surface area contributed by atoms with Crippen LogP contribution in [0.15, 0.2) is 28.1 Å². The van der Waals surface area contributed by atoms with Crippen molar-refractivity contribution in [3.05, 3.63) is 54.7 Å². The van der Waals surface area contributed by atoms with Gasteiger partial charge in [0, 0.05) is 12.1 Å². The van der Waals surface area contributed by atoms with E-state index in [2.05, 4.69) is 21.2 Å². The van der Waals surface area contributed by atoms with Gasteiger partial charge in [0.15, 0.2) is 0 Å². The molecule has 1 aromatic carbocycles. The second kappa shape index (κ2) is 5.63. The first-order valence-electron chi connectivity index (χ1n) is 5.08. The van der Waals surface area contributed by atoms with E-state index in [0.717, 1.165) is 11.3 Å². The molecule has 1 aromatic heterocycles. The number of nitrogens with zero attached hydrogens (tertiary/aromatic N) is 1. The fourth-order valence-corrected chi connectivity index (χ4v) is 2.67. The molecular weight excluding hydrogens is 358 g/mol. The fraction of sp³-hybridized carbons (Fsp3) is 0. The third-order valence-corrected chi connectivity index (χ3v) is 3.90. The van der Waals surface area contributed by atoms with E-state index in [1.54, 1.807) is 6.07 Å². The molecule has 0 unspecified atom stereocenters. The molecule has 1 N–H and O–H groups in total. The van der Waals surface area contributed by atoms with Gasteiger partial charge in [-0.2, -0.15) is 4.39 Å². The number of nitro benzene ring substituents is 1. The van der Waals surface area contributed by atoms with E-state index in [-0.39, 0.29) is 4.88 Å². The van der Waals surface area contributed by atoms with E-state index >= 15 is 0 Å². The first-order chi connectivity index (χ1) is 9.38. The van der Waals surface area contributed by atoms with Gasteiger partial charge in [-0.25, -0.2) is 4.39 Å². The molecule has 0 fully saturated rings. The highest BCUT2D eigenvalue weighted by atomic mass is 79.9. The molecule has 2 rings (SSSR count). The van der Waals surface area contributed by atoms with Crippen LogP contribution in [-0.4, -0.2) is 10.8 Å². The number of hydrogen-bond acceptors (Lipinski definition) is 4. The topological polar surface area (TPSA) is 72.2 Å². The number of hydrogen-bond donors (Lipinski definition) is 1. The van der Waals surface area contributed by atoms with E-state index in [4.69, 9.17) is 0 Å². The number of carbonyl (C=O) groups is 1. The van der Waals surface area contributed by atoms with Crippen LogP contribution < -0.4 is 5.32 Å². The van der Waals surface area contributed by atoms with Crippen molar-refractivity contribution in [2.24, 2.45) is 0 Å². The molecule has 5 nitrogen and oxygen atoms in total. The third-order valence-electron chi connectivity index (χ3n) is 2.28. The third kappa shape index (κ3) is 2.99. The van der Waals surface area contributed by atoms with E-state index in [0.29, 0.717) is 15.9 Å². The summed E-state index contributed by atoms with van der Waals surface area (Å²) in [6, 6.07) is 4.13. The first-order valence-corrected chi connectivity index (χ1v) is 6.69. The van der Waals surface area contributed by atoms with Gasteiger partial charge >= 0.3 is 5.69 Å². The maximum Gasteiger partial charge on any atom is 0.307 e. The summed E-state index contributed by atoms with van der Waals surface area (Å²) >= 11 is 4.27. The quantitative estimate of drug-likeness (QED) is 0.663. The van der Waals surface area contributed by atoms with Gasteiger partial charge in [-0.3, -0.25) is 14.9 Å². The Kier molecular flexibility index (Phi) is 4.09. The van der Waals surface area contributed by atoms with Crippen molar-refractivity contribution in [3.63, 3.8) is 0 Å². The Morgan fingerprint density at radius 3 is 2.55 bits per heavy atom. The van der Waals surface area contributed by atoms with Crippen LogP contribution in [0.25, 0.3) is 0 Å². The lowest BCUT2D eigenvalue weighted by Crippen LogP contribution is -2.12. The number of benzene rings is 1. The van der Waals surface area contributed by atoms with E-state index in [9.17, 15) is 23.7 Å². The molecule has 1 heterocycles. The normalized spacial score (nSPS) is 10.3. The highest BCUT2D eigenvalue weighted by Crippen LogP contribution is 2.27. The van der Waals surface area contributed by atoms with Crippen molar-refractivity contribution in [2.75, 3.05) is 5.32 Å². The van der Waals surface area contributed by atoms with Crippen molar-refractivity contribution >= 4 is 44.5 Å². The van der Waals surface area contributed by atoms with Crippen LogP contribution in [0.2, 0.25) is 0 Å². The SMILES string of the molecule is O=C(Nc1cc([N+](=O)[O-])c(F)cc1F)c1ccc(Br)s1. The van der Waals surface area contributed by atoms with Gasteiger partial charge < -0.3 is 5.32 Å². The molecule has 0 radical (unpaired) electrons. The summed E-state index contributed by atoms with van der Waals surface area (Å²) in [7, 11) is 0. The van der Waals surface area contributed by atoms with Gasteiger partial charge in [0.25, 0.3) is 5.91 Å². The minimum atomic E-state index is -1.30. The Morgan fingerprint density at radius 1 is 1.30 bits per heavy atom. The first kappa shape index (κ1) is 14.5. The summed E-state index contributed by atoms with van der Waals surface area (Å²) in [6.07, 6.45) is 0. The predicted molar refractivity (Wildman–Crippen MR) is 73.0 cm³/mol. The number of nitrogens with one attached hydrogen (secondary N) is 1. The zero-order valence-electron chi connectivity index (χ0n) is 9.52. The fourth-order valence-electron chi connectivity index (χ4n) is 1.39. The van der Waals surface area contributed by atoms with Crippen molar-refractivity contribution in [3.8, 4) is 0 Å². The molecule has 0 atom stereocenters. The Morgan fingerprint density at radius 2 is 2.00 bits per heavy atom. The van der Waals surface area contributed by atoms with Crippen LogP contribution in [0.4, 0.5) is 20.2 Å². The van der Waals surface area contributed by atoms with Crippen molar-refractivity contribution in [1.29, 1.82) is 0 Å². The Bertz CT molecular complexity index is 705. The zero-order chi connectivity index (χ0) is 14.9. The van der Waals surface area contributed by atoms with Gasteiger partial charge in [-0.05, 0) is 28.1 Å². The number of nitro groups is 1. The second-order valence-corrected chi connectivity index (χ2v) is 6.06. The Hall–Kier alpha value is -1.87. The maximum absolute atomic E-state index is 13.5. The van der Waals surface area contributed by atoms with Crippen LogP contribution in [0, 0.1) is 21.7 Å². The lowest BCUT2D eigenvalue weighted by atomic mass is 10.2. The van der Waals surface area contributed by atoms with E-state index in [1.807, 2.05) is 0 Å². The van der Waals surface area contributed by atoms with Crippen LogP contribution in [0.5, 0.6) is 0 Å². The van der Waals surface area contributed by atoms with Crippen molar-refractivity contribution in [2.45, 2.75) is 0 Å². The monoisotopic (exact) mass is 362 g/mol. The second-order valence-electron chi connectivity index (χ2n) is 3.60. The molecule has 2 aromatic rings. The summed E-state index contributed by atoms with van der Waals surface area (Å²) in [4.78, 5) is 21.7. The van der Waals surface area contributed by atoms with Gasteiger partial charge in [0.1, 0.15) is 5.82 Å². The number of rotatable bonds is 3. The molecule has 0 aliphatic heterocycles. The number of halogens is 3.